The SMILES string of the molecule is CC(C)(C)c1ccc(C2c3sc(=S)[nH]c3SC3C4CC(C5C(=O)N(c6cccc(C(F)(F)F)c6)C(=O)C45)C23)cc1. The Labute approximate surface area is 243 Å². The van der Waals surface area contributed by atoms with Crippen molar-refractivity contribution in [3.63, 3.8) is 0 Å². The number of carbonyl (C=O) groups excluding carboxylic acids is 2. The van der Waals surface area contributed by atoms with Crippen LogP contribution in [0.4, 0.5) is 18.9 Å². The number of nitrogens with zero attached hydrogens (tertiary/aromatic N) is 1. The van der Waals surface area contributed by atoms with Gasteiger partial charge in [-0.2, -0.15) is 13.2 Å². The molecule has 4 aliphatic rings. The topological polar surface area (TPSA) is 53.2 Å². The van der Waals surface area contributed by atoms with Crippen molar-refractivity contribution < 1.29 is 22.8 Å². The van der Waals surface area contributed by atoms with E-state index >= 15 is 0 Å². The van der Waals surface area contributed by atoms with Crippen LogP contribution in [0.3, 0.4) is 0 Å². The Balaban J connectivity index is 1.29. The van der Waals surface area contributed by atoms with Gasteiger partial charge in [0.05, 0.1) is 28.1 Å². The molecule has 3 fully saturated rings. The van der Waals surface area contributed by atoms with Crippen molar-refractivity contribution in [2.75, 3.05) is 4.90 Å². The van der Waals surface area contributed by atoms with Gasteiger partial charge in [-0.1, -0.05) is 51.1 Å². The number of imide groups is 1. The molecule has 7 atom stereocenters. The third-order valence-corrected chi connectivity index (χ3v) is 12.2. The van der Waals surface area contributed by atoms with Crippen molar-refractivity contribution in [1.29, 1.82) is 0 Å². The average molecular weight is 601 g/mol. The largest absolute Gasteiger partial charge is 0.416 e. The highest BCUT2D eigenvalue weighted by Gasteiger charge is 2.69. The summed E-state index contributed by atoms with van der Waals surface area (Å²) < 4.78 is 41.0. The number of aromatic amines is 1. The van der Waals surface area contributed by atoms with Crippen molar-refractivity contribution in [1.82, 2.24) is 4.98 Å². The van der Waals surface area contributed by atoms with E-state index in [9.17, 15) is 22.8 Å². The van der Waals surface area contributed by atoms with E-state index in [0.29, 0.717) is 3.95 Å². The molecule has 208 valence electrons. The van der Waals surface area contributed by atoms with E-state index in [4.69, 9.17) is 12.2 Å². The molecule has 1 saturated heterocycles. The molecule has 2 aromatic carbocycles. The van der Waals surface area contributed by atoms with Crippen LogP contribution in [0.1, 0.15) is 54.7 Å². The summed E-state index contributed by atoms with van der Waals surface area (Å²) in [5.74, 6) is -1.64. The number of halogens is 3. The van der Waals surface area contributed by atoms with Gasteiger partial charge in [-0.05, 0) is 71.1 Å². The molecule has 2 bridgehead atoms. The molecule has 1 aromatic heterocycles. The summed E-state index contributed by atoms with van der Waals surface area (Å²) in [5, 5.41) is 1.15. The Kier molecular flexibility index (Phi) is 5.81. The molecule has 10 heteroatoms. The van der Waals surface area contributed by atoms with Crippen LogP contribution in [0, 0.1) is 33.5 Å². The van der Waals surface area contributed by atoms with Crippen molar-refractivity contribution in [2.45, 2.75) is 55.0 Å². The lowest BCUT2D eigenvalue weighted by Gasteiger charge is -2.43. The number of aromatic nitrogens is 1. The van der Waals surface area contributed by atoms with Crippen molar-refractivity contribution >= 4 is 52.8 Å². The first-order chi connectivity index (χ1) is 18.8. The summed E-state index contributed by atoms with van der Waals surface area (Å²) in [6.45, 7) is 6.54. The fourth-order valence-corrected chi connectivity index (χ4v) is 11.0. The minimum Gasteiger partial charge on any atom is -0.332 e. The monoisotopic (exact) mass is 600 g/mol. The number of rotatable bonds is 2. The zero-order valence-corrected chi connectivity index (χ0v) is 24.4. The number of alkyl halides is 3. The Morgan fingerprint density at radius 3 is 2.27 bits per heavy atom. The minimum atomic E-state index is -4.56. The first kappa shape index (κ1) is 26.5. The highest BCUT2D eigenvalue weighted by Crippen LogP contribution is 2.69. The van der Waals surface area contributed by atoms with Crippen molar-refractivity contribution in [3.05, 3.63) is 74.1 Å². The van der Waals surface area contributed by atoms with Gasteiger partial charge in [0, 0.05) is 16.0 Å². The lowest BCUT2D eigenvalue weighted by Crippen LogP contribution is -2.42. The molecule has 3 aromatic rings. The third-order valence-electron chi connectivity index (χ3n) is 9.29. The number of anilines is 1. The van der Waals surface area contributed by atoms with E-state index in [2.05, 4.69) is 50.0 Å². The second kappa shape index (κ2) is 8.79. The number of amides is 2. The third kappa shape index (κ3) is 3.81. The molecule has 2 amide bonds. The number of fused-ring (bicyclic) bond motifs is 9. The Morgan fingerprint density at radius 1 is 0.950 bits per heavy atom. The molecular weight excluding hydrogens is 574 g/mol. The van der Waals surface area contributed by atoms with Gasteiger partial charge in [0.1, 0.15) is 0 Å². The van der Waals surface area contributed by atoms with Crippen LogP contribution in [-0.4, -0.2) is 22.0 Å². The first-order valence-electron chi connectivity index (χ1n) is 13.4. The Bertz CT molecular complexity index is 1600. The fraction of sp³-hybridized carbons (Fsp3) is 0.433. The van der Waals surface area contributed by atoms with Gasteiger partial charge in [-0.3, -0.25) is 14.5 Å². The van der Waals surface area contributed by atoms with Crippen molar-refractivity contribution in [3.8, 4) is 0 Å². The molecule has 7 rings (SSSR count). The summed E-state index contributed by atoms with van der Waals surface area (Å²) in [7, 11) is 0. The quantitative estimate of drug-likeness (QED) is 0.241. The van der Waals surface area contributed by atoms with E-state index < -0.39 is 23.6 Å². The van der Waals surface area contributed by atoms with Gasteiger partial charge in [0.2, 0.25) is 11.8 Å². The highest BCUT2D eigenvalue weighted by atomic mass is 32.2. The number of nitrogens with one attached hydrogen (secondary N) is 1. The molecule has 1 N–H and O–H groups in total. The Morgan fingerprint density at radius 2 is 1.62 bits per heavy atom. The van der Waals surface area contributed by atoms with Crippen LogP contribution in [0.15, 0.2) is 53.6 Å². The zero-order chi connectivity index (χ0) is 28.3. The number of thiazole rings is 1. The molecule has 0 spiro atoms. The van der Waals surface area contributed by atoms with E-state index in [1.807, 2.05) is 0 Å². The van der Waals surface area contributed by atoms with Crippen LogP contribution < -0.4 is 4.90 Å². The maximum Gasteiger partial charge on any atom is 0.416 e. The van der Waals surface area contributed by atoms with E-state index in [0.717, 1.165) is 28.5 Å². The number of hydrogen-bond acceptors (Lipinski definition) is 5. The minimum absolute atomic E-state index is 0.00626. The van der Waals surface area contributed by atoms with Gasteiger partial charge in [0.25, 0.3) is 0 Å². The van der Waals surface area contributed by atoms with Gasteiger partial charge in [0.15, 0.2) is 3.95 Å². The fourth-order valence-electron chi connectivity index (χ4n) is 7.66. The standard InChI is InChI=1S/C30H27F3N2O2S3/c1-29(2,3)14-9-7-13(8-10-14)19-20-17-12-18(23(20)39-25-24(19)40-28(38)34-25)22-21(17)26(36)35(27(22)37)16-6-4-5-15(11-16)30(31,32)33/h4-11,17-23H,12H2,1-3H3,(H,34,38). The van der Waals surface area contributed by atoms with Crippen LogP contribution in [0.2, 0.25) is 0 Å². The number of hydrogen-bond donors (Lipinski definition) is 1. The number of benzene rings is 2. The molecule has 2 aliphatic heterocycles. The van der Waals surface area contributed by atoms with Crippen LogP contribution in [-0.2, 0) is 21.2 Å². The molecule has 0 radical (unpaired) electrons. The summed E-state index contributed by atoms with van der Waals surface area (Å²) in [4.78, 5) is 33.2. The molecule has 40 heavy (non-hydrogen) atoms. The van der Waals surface area contributed by atoms with E-state index in [1.165, 1.54) is 28.1 Å². The summed E-state index contributed by atoms with van der Waals surface area (Å²) in [6, 6.07) is 13.3. The number of carbonyl (C=O) groups is 2. The first-order valence-corrected chi connectivity index (χ1v) is 15.5. The van der Waals surface area contributed by atoms with Gasteiger partial charge < -0.3 is 4.98 Å². The number of thioether (sulfide) groups is 1. The zero-order valence-electron chi connectivity index (χ0n) is 22.0. The van der Waals surface area contributed by atoms with Crippen LogP contribution in [0.5, 0.6) is 0 Å². The van der Waals surface area contributed by atoms with Crippen LogP contribution in [0.25, 0.3) is 0 Å². The second-order valence-corrected chi connectivity index (χ2v) is 15.3. The van der Waals surface area contributed by atoms with Gasteiger partial charge in [-0.25, -0.2) is 0 Å². The molecule has 4 nitrogen and oxygen atoms in total. The molecule has 3 heterocycles. The average Bonchev–Trinajstić information content (AvgIpc) is 3.62. The summed E-state index contributed by atoms with van der Waals surface area (Å²) in [5.41, 5.74) is 1.56. The normalized spacial score (nSPS) is 30.9. The lowest BCUT2D eigenvalue weighted by molar-refractivity contribution is -0.137. The molecule has 7 unspecified atom stereocenters. The van der Waals surface area contributed by atoms with Gasteiger partial charge in [-0.15, -0.1) is 23.1 Å². The Hall–Kier alpha value is -2.43. The van der Waals surface area contributed by atoms with Crippen LogP contribution >= 0.6 is 35.3 Å². The molecule has 2 saturated carbocycles. The summed E-state index contributed by atoms with van der Waals surface area (Å²) in [6.07, 6.45) is -3.78. The second-order valence-electron chi connectivity index (χ2n) is 12.4. The summed E-state index contributed by atoms with van der Waals surface area (Å²) >= 11 is 8.84. The maximum atomic E-state index is 13.9. The van der Waals surface area contributed by atoms with E-state index in [1.54, 1.807) is 23.1 Å². The predicted molar refractivity (Wildman–Crippen MR) is 152 cm³/mol. The van der Waals surface area contributed by atoms with Gasteiger partial charge >= 0.3 is 6.18 Å². The molecular formula is C30H27F3N2O2S3. The van der Waals surface area contributed by atoms with Crippen molar-refractivity contribution in [2.24, 2.45) is 29.6 Å². The lowest BCUT2D eigenvalue weighted by atomic mass is 9.68. The number of H-pyrrole nitrogens is 1. The molecule has 2 aliphatic carbocycles. The maximum absolute atomic E-state index is 13.9. The highest BCUT2D eigenvalue weighted by molar-refractivity contribution is 8.00. The smallest absolute Gasteiger partial charge is 0.332 e. The van der Waals surface area contributed by atoms with E-state index in [-0.39, 0.29) is 51.8 Å². The predicted octanol–water partition coefficient (Wildman–Crippen LogP) is 7.80.